The number of non-ortho nitro benzene ring substituents is 1. The van der Waals surface area contributed by atoms with Crippen molar-refractivity contribution in [1.29, 1.82) is 0 Å². The van der Waals surface area contributed by atoms with Crippen molar-refractivity contribution in [3.8, 4) is 0 Å². The van der Waals surface area contributed by atoms with Gasteiger partial charge in [-0.2, -0.15) is 0 Å². The van der Waals surface area contributed by atoms with Crippen molar-refractivity contribution in [2.45, 2.75) is 6.92 Å². The van der Waals surface area contributed by atoms with Gasteiger partial charge in [0.25, 0.3) is 11.6 Å². The summed E-state index contributed by atoms with van der Waals surface area (Å²) < 4.78 is 0. The van der Waals surface area contributed by atoms with Crippen LogP contribution >= 0.6 is 0 Å². The molecule has 0 aliphatic rings. The molecule has 0 saturated heterocycles. The molecule has 0 aliphatic carbocycles. The van der Waals surface area contributed by atoms with E-state index in [1.807, 2.05) is 0 Å². The Kier molecular flexibility index (Phi) is 4.46. The molecule has 6 nitrogen and oxygen atoms in total. The smallest absolute Gasteiger partial charge is 0.269 e. The molecule has 0 spiro atoms. The number of hydrogen-bond donors (Lipinski definition) is 1. The molecule has 1 amide bonds. The molecule has 1 N–H and O–H groups in total. The fraction of sp³-hybridized carbons (Fsp3) is 0.0625. The van der Waals surface area contributed by atoms with Crippen molar-refractivity contribution >= 4 is 28.8 Å². The van der Waals surface area contributed by atoms with Crippen LogP contribution in [0.15, 0.2) is 48.5 Å². The topological polar surface area (TPSA) is 89.3 Å². The minimum Gasteiger partial charge on any atom is -0.322 e. The van der Waals surface area contributed by atoms with E-state index in [9.17, 15) is 19.7 Å². The molecule has 0 aromatic heterocycles. The number of allylic oxidation sites excluding steroid dienone is 1. The Hall–Kier alpha value is -3.24. The molecule has 2 aromatic carbocycles. The van der Waals surface area contributed by atoms with Gasteiger partial charge in [0.2, 0.25) is 0 Å². The second-order valence-electron chi connectivity index (χ2n) is 4.53. The van der Waals surface area contributed by atoms with Gasteiger partial charge < -0.3 is 5.32 Å². The summed E-state index contributed by atoms with van der Waals surface area (Å²) in [6, 6.07) is 12.2. The number of rotatable bonds is 4. The molecule has 6 heteroatoms. The van der Waals surface area contributed by atoms with E-state index >= 15 is 0 Å². The van der Waals surface area contributed by atoms with Gasteiger partial charge in [0.1, 0.15) is 5.94 Å². The first kappa shape index (κ1) is 15.2. The lowest BCUT2D eigenvalue weighted by atomic mass is 10.0. The van der Waals surface area contributed by atoms with Crippen LogP contribution in [0.3, 0.4) is 0 Å². The number of benzene rings is 2. The van der Waals surface area contributed by atoms with Gasteiger partial charge in [0.05, 0.1) is 4.92 Å². The van der Waals surface area contributed by atoms with Gasteiger partial charge in [-0.05, 0) is 25.1 Å². The second-order valence-corrected chi connectivity index (χ2v) is 4.53. The van der Waals surface area contributed by atoms with E-state index in [1.54, 1.807) is 37.1 Å². The first-order chi connectivity index (χ1) is 10.5. The van der Waals surface area contributed by atoms with E-state index in [0.29, 0.717) is 22.4 Å². The summed E-state index contributed by atoms with van der Waals surface area (Å²) in [6.07, 6.45) is 0. The molecule has 2 aromatic rings. The largest absolute Gasteiger partial charge is 0.322 e. The Morgan fingerprint density at radius 1 is 1.09 bits per heavy atom. The fourth-order valence-corrected chi connectivity index (χ4v) is 1.93. The van der Waals surface area contributed by atoms with Crippen molar-refractivity contribution < 1.29 is 14.5 Å². The van der Waals surface area contributed by atoms with Crippen LogP contribution < -0.4 is 5.32 Å². The van der Waals surface area contributed by atoms with E-state index in [-0.39, 0.29) is 5.69 Å². The molecule has 0 fully saturated rings. The third-order valence-electron chi connectivity index (χ3n) is 3.06. The van der Waals surface area contributed by atoms with Gasteiger partial charge >= 0.3 is 0 Å². The van der Waals surface area contributed by atoms with Crippen LogP contribution in [0, 0.1) is 10.1 Å². The van der Waals surface area contributed by atoms with E-state index in [0.717, 1.165) is 0 Å². The zero-order valence-corrected chi connectivity index (χ0v) is 11.7. The summed E-state index contributed by atoms with van der Waals surface area (Å²) in [6.45, 7) is 1.57. The van der Waals surface area contributed by atoms with Crippen molar-refractivity contribution in [3.05, 3.63) is 69.8 Å². The third kappa shape index (κ3) is 3.26. The minimum absolute atomic E-state index is 0.0573. The fourth-order valence-electron chi connectivity index (χ4n) is 1.93. The highest BCUT2D eigenvalue weighted by Gasteiger charge is 2.13. The van der Waals surface area contributed by atoms with E-state index in [4.69, 9.17) is 0 Å². The molecule has 0 atom stereocenters. The lowest BCUT2D eigenvalue weighted by Gasteiger charge is -2.09. The lowest BCUT2D eigenvalue weighted by Crippen LogP contribution is -2.13. The first-order valence-corrected chi connectivity index (χ1v) is 6.40. The second kappa shape index (κ2) is 6.47. The Morgan fingerprint density at radius 3 is 2.23 bits per heavy atom. The Balaban J connectivity index is 2.26. The summed E-state index contributed by atoms with van der Waals surface area (Å²) >= 11 is 0. The summed E-state index contributed by atoms with van der Waals surface area (Å²) in [5, 5.41) is 13.2. The normalized spacial score (nSPS) is 9.68. The number of amides is 1. The molecule has 0 radical (unpaired) electrons. The molecular formula is C16H12N2O4. The molecular weight excluding hydrogens is 284 g/mol. The summed E-state index contributed by atoms with van der Waals surface area (Å²) in [5.74, 6) is 1.37. The van der Waals surface area contributed by atoms with E-state index < -0.39 is 10.8 Å². The van der Waals surface area contributed by atoms with Gasteiger partial charge in [-0.25, -0.2) is 4.79 Å². The summed E-state index contributed by atoms with van der Waals surface area (Å²) in [5.41, 5.74) is 1.53. The van der Waals surface area contributed by atoms with Gasteiger partial charge in [0, 0.05) is 34.5 Å². The van der Waals surface area contributed by atoms with Gasteiger partial charge in [-0.3, -0.25) is 14.9 Å². The van der Waals surface area contributed by atoms with Crippen LogP contribution in [0.5, 0.6) is 0 Å². The minimum atomic E-state index is -0.515. The number of carbonyl (C=O) groups is 1. The maximum Gasteiger partial charge on any atom is 0.269 e. The predicted octanol–water partition coefficient (Wildman–Crippen LogP) is 3.08. The SMILES string of the molecule is CC(=C=O)c1ccccc1C(=O)Nc1ccc([N+](=O)[O-])cc1. The number of nitrogens with zero attached hydrogens (tertiary/aromatic N) is 1. The number of hydrogen-bond acceptors (Lipinski definition) is 4. The maximum atomic E-state index is 12.3. The van der Waals surface area contributed by atoms with Crippen molar-refractivity contribution in [3.63, 3.8) is 0 Å². The maximum absolute atomic E-state index is 12.3. The zero-order valence-electron chi connectivity index (χ0n) is 11.7. The van der Waals surface area contributed by atoms with Crippen LogP contribution in [-0.4, -0.2) is 16.8 Å². The van der Waals surface area contributed by atoms with Crippen molar-refractivity contribution in [2.75, 3.05) is 5.32 Å². The quantitative estimate of drug-likeness (QED) is 0.533. The molecule has 0 saturated carbocycles. The summed E-state index contributed by atoms with van der Waals surface area (Å²) in [4.78, 5) is 33.1. The average Bonchev–Trinajstić information content (AvgIpc) is 2.54. The van der Waals surface area contributed by atoms with Crippen LogP contribution in [0.4, 0.5) is 11.4 Å². The highest BCUT2D eigenvalue weighted by molar-refractivity contribution is 6.08. The molecule has 0 heterocycles. The number of anilines is 1. The number of nitro groups is 1. The first-order valence-electron chi connectivity index (χ1n) is 6.40. The highest BCUT2D eigenvalue weighted by Crippen LogP contribution is 2.20. The highest BCUT2D eigenvalue weighted by atomic mass is 16.6. The molecule has 0 unspecified atom stereocenters. The number of nitrogens with one attached hydrogen (secondary N) is 1. The predicted molar refractivity (Wildman–Crippen MR) is 82.3 cm³/mol. The zero-order chi connectivity index (χ0) is 16.1. The lowest BCUT2D eigenvalue weighted by molar-refractivity contribution is -0.384. The Morgan fingerprint density at radius 2 is 1.68 bits per heavy atom. The van der Waals surface area contributed by atoms with Crippen LogP contribution in [0.25, 0.3) is 5.57 Å². The molecule has 0 aliphatic heterocycles. The average molecular weight is 296 g/mol. The van der Waals surface area contributed by atoms with E-state index in [2.05, 4.69) is 5.32 Å². The summed E-state index contributed by atoms with van der Waals surface area (Å²) in [7, 11) is 0. The number of carbonyl (C=O) groups excluding carboxylic acids is 2. The molecule has 110 valence electrons. The standard InChI is InChI=1S/C16H12N2O4/c1-11(10-19)14-4-2-3-5-15(14)16(20)17-12-6-8-13(9-7-12)18(21)22/h2-9H,1H3,(H,17,20). The monoisotopic (exact) mass is 296 g/mol. The van der Waals surface area contributed by atoms with Gasteiger partial charge in [-0.15, -0.1) is 0 Å². The van der Waals surface area contributed by atoms with Gasteiger partial charge in [0.15, 0.2) is 0 Å². The van der Waals surface area contributed by atoms with E-state index in [1.165, 1.54) is 24.3 Å². The Bertz CT molecular complexity index is 775. The van der Waals surface area contributed by atoms with Crippen molar-refractivity contribution in [2.24, 2.45) is 0 Å². The van der Waals surface area contributed by atoms with Gasteiger partial charge in [-0.1, -0.05) is 18.2 Å². The molecule has 22 heavy (non-hydrogen) atoms. The van der Waals surface area contributed by atoms with Crippen molar-refractivity contribution in [1.82, 2.24) is 0 Å². The molecule has 2 rings (SSSR count). The van der Waals surface area contributed by atoms with Crippen LogP contribution in [-0.2, 0) is 4.79 Å². The van der Waals surface area contributed by atoms with Crippen LogP contribution in [0.1, 0.15) is 22.8 Å². The molecule has 0 bridgehead atoms. The number of nitro benzene ring substituents is 1. The Labute approximate surface area is 126 Å². The third-order valence-corrected chi connectivity index (χ3v) is 3.06. The van der Waals surface area contributed by atoms with Crippen LogP contribution in [0.2, 0.25) is 0 Å².